The molecule has 1 unspecified atom stereocenters. The first-order valence-electron chi connectivity index (χ1n) is 9.94. The summed E-state index contributed by atoms with van der Waals surface area (Å²) in [7, 11) is 0. The van der Waals surface area contributed by atoms with Gasteiger partial charge in [0.1, 0.15) is 0 Å². The number of amides is 1. The second-order valence-electron chi connectivity index (χ2n) is 6.86. The monoisotopic (exact) mass is 393 g/mol. The quantitative estimate of drug-likeness (QED) is 0.414. The average molecular weight is 394 g/mol. The summed E-state index contributed by atoms with van der Waals surface area (Å²) in [4.78, 5) is 22.4. The van der Waals surface area contributed by atoms with Crippen molar-refractivity contribution in [2.75, 3.05) is 59.0 Å². The molecule has 0 spiro atoms. The SMILES string of the molecule is CCNC(=NCCCNC(=O)c1cccs1)N1CCC(N2CCOCC2)C1. The Morgan fingerprint density at radius 2 is 2.19 bits per heavy atom. The highest BCUT2D eigenvalue weighted by Gasteiger charge is 2.30. The predicted octanol–water partition coefficient (Wildman–Crippen LogP) is 1.24. The van der Waals surface area contributed by atoms with Gasteiger partial charge < -0.3 is 20.3 Å². The van der Waals surface area contributed by atoms with Crippen LogP contribution < -0.4 is 10.6 Å². The molecule has 0 aliphatic carbocycles. The van der Waals surface area contributed by atoms with Gasteiger partial charge in [-0.2, -0.15) is 0 Å². The molecule has 7 nitrogen and oxygen atoms in total. The second-order valence-corrected chi connectivity index (χ2v) is 7.81. The van der Waals surface area contributed by atoms with Gasteiger partial charge in [-0.1, -0.05) is 6.07 Å². The maximum Gasteiger partial charge on any atom is 0.261 e. The first kappa shape index (κ1) is 20.1. The number of nitrogens with one attached hydrogen (secondary N) is 2. The highest BCUT2D eigenvalue weighted by atomic mass is 32.1. The van der Waals surface area contributed by atoms with E-state index in [0.29, 0.717) is 19.1 Å². The molecule has 1 atom stereocenters. The minimum atomic E-state index is 0.00813. The van der Waals surface area contributed by atoms with Gasteiger partial charge in [-0.05, 0) is 31.2 Å². The van der Waals surface area contributed by atoms with E-state index < -0.39 is 0 Å². The van der Waals surface area contributed by atoms with Crippen LogP contribution in [0.25, 0.3) is 0 Å². The fraction of sp³-hybridized carbons (Fsp3) is 0.684. The van der Waals surface area contributed by atoms with Gasteiger partial charge in [0.25, 0.3) is 5.91 Å². The van der Waals surface area contributed by atoms with E-state index in [4.69, 9.17) is 9.73 Å². The van der Waals surface area contributed by atoms with Crippen LogP contribution in [0.4, 0.5) is 0 Å². The van der Waals surface area contributed by atoms with Crippen molar-refractivity contribution in [3.63, 3.8) is 0 Å². The molecule has 2 saturated heterocycles. The average Bonchev–Trinajstić information content (AvgIpc) is 3.39. The zero-order valence-corrected chi connectivity index (χ0v) is 17.0. The molecule has 0 aromatic carbocycles. The van der Waals surface area contributed by atoms with Gasteiger partial charge in [0.05, 0.1) is 18.1 Å². The fourth-order valence-electron chi connectivity index (χ4n) is 3.56. The molecule has 1 aromatic heterocycles. The highest BCUT2D eigenvalue weighted by molar-refractivity contribution is 7.12. The van der Waals surface area contributed by atoms with Crippen LogP contribution in [-0.2, 0) is 4.74 Å². The number of thiophene rings is 1. The number of hydrogen-bond donors (Lipinski definition) is 2. The summed E-state index contributed by atoms with van der Waals surface area (Å²) in [6.07, 6.45) is 2.02. The lowest BCUT2D eigenvalue weighted by molar-refractivity contribution is 0.0195. The normalized spacial score (nSPS) is 21.4. The van der Waals surface area contributed by atoms with E-state index in [0.717, 1.165) is 63.2 Å². The topological polar surface area (TPSA) is 69.2 Å². The molecule has 150 valence electrons. The van der Waals surface area contributed by atoms with Crippen LogP contribution in [0.1, 0.15) is 29.4 Å². The summed E-state index contributed by atoms with van der Waals surface area (Å²) in [6, 6.07) is 4.34. The van der Waals surface area contributed by atoms with Gasteiger partial charge in [0, 0.05) is 51.9 Å². The number of hydrogen-bond acceptors (Lipinski definition) is 5. The molecule has 3 rings (SSSR count). The van der Waals surface area contributed by atoms with Gasteiger partial charge in [0.15, 0.2) is 5.96 Å². The van der Waals surface area contributed by atoms with Crippen LogP contribution in [0, 0.1) is 0 Å². The molecule has 27 heavy (non-hydrogen) atoms. The molecule has 8 heteroatoms. The molecular weight excluding hydrogens is 362 g/mol. The smallest absolute Gasteiger partial charge is 0.261 e. The summed E-state index contributed by atoms with van der Waals surface area (Å²) in [6.45, 7) is 10.2. The van der Waals surface area contributed by atoms with E-state index in [9.17, 15) is 4.79 Å². The van der Waals surface area contributed by atoms with Crippen LogP contribution in [-0.4, -0.2) is 86.7 Å². The van der Waals surface area contributed by atoms with E-state index in [2.05, 4.69) is 27.4 Å². The molecule has 1 aromatic rings. The molecule has 1 amide bonds. The number of carbonyl (C=O) groups is 1. The second kappa shape index (κ2) is 10.6. The lowest BCUT2D eigenvalue weighted by Gasteiger charge is -2.32. The number of guanidine groups is 1. The number of aliphatic imine (C=N–C) groups is 1. The van der Waals surface area contributed by atoms with E-state index in [1.807, 2.05) is 17.5 Å². The van der Waals surface area contributed by atoms with Gasteiger partial charge in [-0.15, -0.1) is 11.3 Å². The van der Waals surface area contributed by atoms with E-state index in [-0.39, 0.29) is 5.91 Å². The summed E-state index contributed by atoms with van der Waals surface area (Å²) in [5.41, 5.74) is 0. The Morgan fingerprint density at radius 3 is 2.93 bits per heavy atom. The van der Waals surface area contributed by atoms with Crippen LogP contribution in [0.15, 0.2) is 22.5 Å². The third-order valence-corrected chi connectivity index (χ3v) is 5.86. The van der Waals surface area contributed by atoms with Gasteiger partial charge in [-0.3, -0.25) is 14.7 Å². The Kier molecular flexibility index (Phi) is 7.92. The fourth-order valence-corrected chi connectivity index (χ4v) is 4.20. The van der Waals surface area contributed by atoms with Crippen molar-refractivity contribution in [2.24, 2.45) is 4.99 Å². The van der Waals surface area contributed by atoms with Crippen molar-refractivity contribution in [3.8, 4) is 0 Å². The van der Waals surface area contributed by atoms with Crippen molar-refractivity contribution in [1.82, 2.24) is 20.4 Å². The van der Waals surface area contributed by atoms with E-state index in [1.165, 1.54) is 17.8 Å². The molecular formula is C19H31N5O2S. The lowest BCUT2D eigenvalue weighted by atomic mass is 10.2. The number of morpholine rings is 1. The van der Waals surface area contributed by atoms with Crippen molar-refractivity contribution in [2.45, 2.75) is 25.8 Å². The third-order valence-electron chi connectivity index (χ3n) is 4.99. The van der Waals surface area contributed by atoms with Crippen molar-refractivity contribution in [1.29, 1.82) is 0 Å². The Bertz CT molecular complexity index is 601. The van der Waals surface area contributed by atoms with Crippen molar-refractivity contribution >= 4 is 23.2 Å². The first-order valence-corrected chi connectivity index (χ1v) is 10.8. The van der Waals surface area contributed by atoms with Crippen LogP contribution in [0.5, 0.6) is 0 Å². The Morgan fingerprint density at radius 1 is 1.33 bits per heavy atom. The lowest BCUT2D eigenvalue weighted by Crippen LogP contribution is -2.46. The molecule has 3 heterocycles. The Labute approximate surface area is 165 Å². The molecule has 0 bridgehead atoms. The van der Waals surface area contributed by atoms with Crippen LogP contribution in [0.3, 0.4) is 0 Å². The third kappa shape index (κ3) is 5.92. The molecule has 2 N–H and O–H groups in total. The minimum absolute atomic E-state index is 0.00813. The molecule has 2 aliphatic heterocycles. The predicted molar refractivity (Wildman–Crippen MR) is 110 cm³/mol. The van der Waals surface area contributed by atoms with Gasteiger partial charge in [-0.25, -0.2) is 0 Å². The van der Waals surface area contributed by atoms with Crippen LogP contribution in [0.2, 0.25) is 0 Å². The Balaban J connectivity index is 1.41. The number of rotatable bonds is 7. The molecule has 0 saturated carbocycles. The van der Waals surface area contributed by atoms with Crippen molar-refractivity contribution in [3.05, 3.63) is 22.4 Å². The van der Waals surface area contributed by atoms with Gasteiger partial charge in [0.2, 0.25) is 0 Å². The van der Waals surface area contributed by atoms with Gasteiger partial charge >= 0.3 is 0 Å². The number of likely N-dealkylation sites (tertiary alicyclic amines) is 1. The summed E-state index contributed by atoms with van der Waals surface area (Å²) >= 11 is 1.47. The summed E-state index contributed by atoms with van der Waals surface area (Å²) < 4.78 is 5.47. The summed E-state index contributed by atoms with van der Waals surface area (Å²) in [5.74, 6) is 1.01. The largest absolute Gasteiger partial charge is 0.379 e. The molecule has 2 aliphatic rings. The zero-order chi connectivity index (χ0) is 18.9. The first-order chi connectivity index (χ1) is 13.3. The zero-order valence-electron chi connectivity index (χ0n) is 16.2. The summed E-state index contributed by atoms with van der Waals surface area (Å²) in [5, 5.41) is 8.30. The number of nitrogens with zero attached hydrogens (tertiary/aromatic N) is 3. The van der Waals surface area contributed by atoms with E-state index >= 15 is 0 Å². The number of ether oxygens (including phenoxy) is 1. The molecule has 0 radical (unpaired) electrons. The molecule has 2 fully saturated rings. The highest BCUT2D eigenvalue weighted by Crippen LogP contribution is 2.17. The van der Waals surface area contributed by atoms with E-state index in [1.54, 1.807) is 0 Å². The maximum atomic E-state index is 11.9. The Hall–Kier alpha value is -1.64. The number of carbonyl (C=O) groups excluding carboxylic acids is 1. The maximum absolute atomic E-state index is 11.9. The van der Waals surface area contributed by atoms with Crippen molar-refractivity contribution < 1.29 is 9.53 Å². The standard InChI is InChI=1S/C19H31N5O2S/c1-2-20-19(22-8-4-7-21-18(25)17-5-3-14-27-17)24-9-6-16(15-24)23-10-12-26-13-11-23/h3,5,14,16H,2,4,6-13,15H2,1H3,(H,20,22)(H,21,25). The minimum Gasteiger partial charge on any atom is -0.379 e. The van der Waals surface area contributed by atoms with Crippen LogP contribution >= 0.6 is 11.3 Å².